The van der Waals surface area contributed by atoms with Crippen LogP contribution in [0.1, 0.15) is 21.5 Å². The minimum atomic E-state index is -4.66. The Kier molecular flexibility index (Phi) is 6.94. The molecule has 3 aromatic heterocycles. The lowest BCUT2D eigenvalue weighted by atomic mass is 10.1. The number of nitrogens with one attached hydrogen (secondary N) is 1. The molecule has 1 N–H and O–H groups in total. The number of fused-ring (bicyclic) bond motifs is 2. The number of rotatable bonds is 8. The van der Waals surface area contributed by atoms with Crippen molar-refractivity contribution in [3.8, 4) is 28.1 Å². The number of alkyl halides is 3. The van der Waals surface area contributed by atoms with Gasteiger partial charge >= 0.3 is 6.18 Å². The molecule has 214 valence electrons. The minimum Gasteiger partial charge on any atom is -0.496 e. The van der Waals surface area contributed by atoms with Crippen molar-refractivity contribution >= 4 is 38.9 Å². The summed E-state index contributed by atoms with van der Waals surface area (Å²) < 4.78 is 64.5. The number of amides is 1. The monoisotopic (exact) mass is 594 g/mol. The maximum atomic E-state index is 13.4. The van der Waals surface area contributed by atoms with Crippen molar-refractivity contribution in [3.63, 3.8) is 0 Å². The lowest BCUT2D eigenvalue weighted by Gasteiger charge is -2.13. The molecular formula is C29H21F3N4O5S. The molecule has 0 fully saturated rings. The second-order valence-corrected chi connectivity index (χ2v) is 9.98. The number of ether oxygens (including phenoxy) is 3. The lowest BCUT2D eigenvalue weighted by Crippen LogP contribution is -2.18. The highest BCUT2D eigenvalue weighted by molar-refractivity contribution is 7.18. The van der Waals surface area contributed by atoms with Crippen LogP contribution in [0.4, 0.5) is 18.9 Å². The van der Waals surface area contributed by atoms with Crippen molar-refractivity contribution in [1.29, 1.82) is 0 Å². The molecule has 3 heterocycles. The quantitative estimate of drug-likeness (QED) is 0.201. The van der Waals surface area contributed by atoms with E-state index in [2.05, 4.69) is 15.4 Å². The van der Waals surface area contributed by atoms with E-state index in [1.807, 2.05) is 6.07 Å². The molecule has 0 radical (unpaired) electrons. The molecule has 1 amide bonds. The van der Waals surface area contributed by atoms with Gasteiger partial charge in [0, 0.05) is 17.8 Å². The highest BCUT2D eigenvalue weighted by atomic mass is 32.1. The third-order valence-corrected chi connectivity index (χ3v) is 7.20. The number of carbonyl (C=O) groups excluding carboxylic acids is 1. The van der Waals surface area contributed by atoms with Crippen LogP contribution in [0.2, 0.25) is 0 Å². The minimum absolute atomic E-state index is 0.0928. The number of benzene rings is 3. The first-order valence-electron chi connectivity index (χ1n) is 12.4. The smallest absolute Gasteiger partial charge is 0.417 e. The Hall–Kier alpha value is -5.04. The van der Waals surface area contributed by atoms with E-state index in [9.17, 15) is 18.0 Å². The summed E-state index contributed by atoms with van der Waals surface area (Å²) in [7, 11) is 3.07. The van der Waals surface area contributed by atoms with E-state index >= 15 is 0 Å². The first-order valence-corrected chi connectivity index (χ1v) is 13.2. The summed E-state index contributed by atoms with van der Waals surface area (Å²) >= 11 is 1.30. The van der Waals surface area contributed by atoms with Gasteiger partial charge < -0.3 is 23.9 Å². The molecule has 42 heavy (non-hydrogen) atoms. The zero-order valence-electron chi connectivity index (χ0n) is 22.1. The van der Waals surface area contributed by atoms with Gasteiger partial charge in [-0.25, -0.2) is 9.50 Å². The molecule has 9 nitrogen and oxygen atoms in total. The van der Waals surface area contributed by atoms with Crippen LogP contribution in [-0.2, 0) is 12.8 Å². The van der Waals surface area contributed by atoms with Crippen LogP contribution in [-0.4, -0.2) is 34.7 Å². The Morgan fingerprint density at radius 2 is 1.88 bits per heavy atom. The van der Waals surface area contributed by atoms with Gasteiger partial charge in [0.15, 0.2) is 5.76 Å². The van der Waals surface area contributed by atoms with E-state index in [0.717, 1.165) is 12.1 Å². The normalized spacial score (nSPS) is 11.6. The molecule has 0 aliphatic carbocycles. The van der Waals surface area contributed by atoms with E-state index in [4.69, 9.17) is 18.6 Å². The number of anilines is 1. The molecule has 6 aromatic rings. The van der Waals surface area contributed by atoms with Crippen LogP contribution in [0.5, 0.6) is 16.7 Å². The molecule has 0 spiro atoms. The summed E-state index contributed by atoms with van der Waals surface area (Å²) in [5, 5.41) is 8.00. The highest BCUT2D eigenvalue weighted by Crippen LogP contribution is 2.38. The third-order valence-electron chi connectivity index (χ3n) is 6.32. The summed E-state index contributed by atoms with van der Waals surface area (Å²) in [4.78, 5) is 17.9. The number of imidazole rings is 1. The maximum Gasteiger partial charge on any atom is 0.417 e. The first kappa shape index (κ1) is 27.1. The standard InChI is InChI=1S/C29H21F3N4O5S/c1-38-18-11-23(20-13-25(41-24(20)12-18)22-14-36-27(34-22)42-28(35-36)39-2)40-15-16-6-5-7-17(10-16)33-26(37)19-8-3-4-9-21(19)29(30,31)32/h3-14H,15H2,1-2H3,(H,33,37). The number of methoxy groups -OCH3 is 2. The molecule has 13 heteroatoms. The molecule has 0 saturated heterocycles. The van der Waals surface area contributed by atoms with Crippen LogP contribution < -0.4 is 19.5 Å². The molecule has 0 bridgehead atoms. The number of hydrogen-bond acceptors (Lipinski definition) is 8. The Balaban J connectivity index is 1.23. The largest absolute Gasteiger partial charge is 0.496 e. The molecule has 0 saturated carbocycles. The number of furan rings is 1. The molecule has 0 unspecified atom stereocenters. The topological polar surface area (TPSA) is 100 Å². The van der Waals surface area contributed by atoms with Crippen molar-refractivity contribution < 1.29 is 36.6 Å². The van der Waals surface area contributed by atoms with Crippen molar-refractivity contribution in [1.82, 2.24) is 14.6 Å². The number of nitrogens with zero attached hydrogens (tertiary/aromatic N) is 3. The Morgan fingerprint density at radius 1 is 1.05 bits per heavy atom. The van der Waals surface area contributed by atoms with E-state index in [1.54, 1.807) is 47.1 Å². The number of aromatic nitrogens is 3. The van der Waals surface area contributed by atoms with E-state index < -0.39 is 23.2 Å². The van der Waals surface area contributed by atoms with Gasteiger partial charge in [-0.05, 0) is 47.2 Å². The average molecular weight is 595 g/mol. The molecular weight excluding hydrogens is 573 g/mol. The zero-order chi connectivity index (χ0) is 29.4. The Bertz CT molecular complexity index is 1900. The van der Waals surface area contributed by atoms with Gasteiger partial charge in [-0.15, -0.1) is 5.10 Å². The predicted octanol–water partition coefficient (Wildman–Crippen LogP) is 7.07. The second-order valence-electron chi connectivity index (χ2n) is 9.06. The molecule has 0 aliphatic rings. The van der Waals surface area contributed by atoms with Gasteiger partial charge in [-0.3, -0.25) is 4.79 Å². The number of halogens is 3. The fourth-order valence-electron chi connectivity index (χ4n) is 4.36. The van der Waals surface area contributed by atoms with Gasteiger partial charge in [0.1, 0.15) is 29.4 Å². The Labute approximate surface area is 240 Å². The fourth-order valence-corrected chi connectivity index (χ4v) is 5.06. The molecule has 0 atom stereocenters. The predicted molar refractivity (Wildman–Crippen MR) is 149 cm³/mol. The van der Waals surface area contributed by atoms with Crippen molar-refractivity contribution in [2.75, 3.05) is 19.5 Å². The highest BCUT2D eigenvalue weighted by Gasteiger charge is 2.34. The van der Waals surface area contributed by atoms with Crippen LogP contribution >= 0.6 is 11.3 Å². The third kappa shape index (κ3) is 5.33. The van der Waals surface area contributed by atoms with Gasteiger partial charge in [0.2, 0.25) is 4.96 Å². The fraction of sp³-hybridized carbons (Fsp3) is 0.138. The SMILES string of the molecule is COc1cc(OCc2cccc(NC(=O)c3ccccc3C(F)(F)F)c2)c2cc(-c3cn4nc(OC)sc4n3)oc2c1. The second kappa shape index (κ2) is 10.7. The van der Waals surface area contributed by atoms with E-state index in [1.165, 1.54) is 37.7 Å². The first-order chi connectivity index (χ1) is 20.2. The van der Waals surface area contributed by atoms with Crippen molar-refractivity contribution in [2.45, 2.75) is 12.8 Å². The van der Waals surface area contributed by atoms with Gasteiger partial charge in [0.05, 0.1) is 36.9 Å². The van der Waals surface area contributed by atoms with Crippen LogP contribution in [0.15, 0.2) is 77.3 Å². The van der Waals surface area contributed by atoms with Crippen LogP contribution in [0.3, 0.4) is 0 Å². The van der Waals surface area contributed by atoms with Gasteiger partial charge in [0.25, 0.3) is 11.1 Å². The summed E-state index contributed by atoms with van der Waals surface area (Å²) in [6.07, 6.45) is -2.92. The molecule has 3 aromatic carbocycles. The van der Waals surface area contributed by atoms with Crippen molar-refractivity contribution in [3.05, 3.63) is 89.6 Å². The Morgan fingerprint density at radius 3 is 2.64 bits per heavy atom. The number of hydrogen-bond donors (Lipinski definition) is 1. The summed E-state index contributed by atoms with van der Waals surface area (Å²) in [6.45, 7) is 0.0928. The summed E-state index contributed by atoms with van der Waals surface area (Å²) in [6, 6.07) is 16.6. The summed E-state index contributed by atoms with van der Waals surface area (Å²) in [5.41, 5.74) is 0.623. The van der Waals surface area contributed by atoms with Crippen molar-refractivity contribution in [2.24, 2.45) is 0 Å². The van der Waals surface area contributed by atoms with Gasteiger partial charge in [-0.1, -0.05) is 24.3 Å². The number of carbonyl (C=O) groups is 1. The zero-order valence-corrected chi connectivity index (χ0v) is 22.9. The lowest BCUT2D eigenvalue weighted by molar-refractivity contribution is -0.137. The van der Waals surface area contributed by atoms with E-state index in [-0.39, 0.29) is 6.61 Å². The molecule has 0 aliphatic heterocycles. The summed E-state index contributed by atoms with van der Waals surface area (Å²) in [5.74, 6) is 0.631. The van der Waals surface area contributed by atoms with Gasteiger partial charge in [-0.2, -0.15) is 13.2 Å². The van der Waals surface area contributed by atoms with E-state index in [0.29, 0.717) is 55.3 Å². The maximum absolute atomic E-state index is 13.4. The molecule has 6 rings (SSSR count). The van der Waals surface area contributed by atoms with Crippen LogP contribution in [0, 0.1) is 0 Å². The average Bonchev–Trinajstić information content (AvgIpc) is 3.69. The van der Waals surface area contributed by atoms with Crippen LogP contribution in [0.25, 0.3) is 27.4 Å².